The average Bonchev–Trinajstić information content (AvgIpc) is 2.90. The Hall–Kier alpha value is -0.610. The summed E-state index contributed by atoms with van der Waals surface area (Å²) in [6.45, 7) is 8.34. The van der Waals surface area contributed by atoms with Gasteiger partial charge in [-0.05, 0) is 43.4 Å². The maximum atomic E-state index is 11.6. The van der Waals surface area contributed by atoms with E-state index in [-0.39, 0.29) is 17.3 Å². The molecule has 1 saturated carbocycles. The Kier molecular flexibility index (Phi) is 3.61. The van der Waals surface area contributed by atoms with Crippen LogP contribution in [-0.2, 0) is 14.3 Å². The van der Waals surface area contributed by atoms with Crippen molar-refractivity contribution in [2.75, 3.05) is 6.61 Å². The molecule has 3 rings (SSSR count). The summed E-state index contributed by atoms with van der Waals surface area (Å²) < 4.78 is 12.2. The van der Waals surface area contributed by atoms with Crippen molar-refractivity contribution in [3.8, 4) is 0 Å². The Labute approximate surface area is 127 Å². The first kappa shape index (κ1) is 15.3. The maximum absolute atomic E-state index is 11.6. The highest BCUT2D eigenvalue weighted by atomic mass is 16.6. The van der Waals surface area contributed by atoms with Crippen LogP contribution >= 0.6 is 0 Å². The molecule has 1 N–H and O–H groups in total. The van der Waals surface area contributed by atoms with Crippen LogP contribution in [-0.4, -0.2) is 35.0 Å². The van der Waals surface area contributed by atoms with Gasteiger partial charge in [0.05, 0.1) is 5.60 Å². The van der Waals surface area contributed by atoms with Gasteiger partial charge in [-0.3, -0.25) is 0 Å². The zero-order valence-electron chi connectivity index (χ0n) is 13.6. The molecule has 6 atom stereocenters. The predicted molar refractivity (Wildman–Crippen MR) is 78.6 cm³/mol. The third-order valence-corrected chi connectivity index (χ3v) is 6.55. The number of aliphatic hydroxyl groups excluding tert-OH is 1. The molecule has 0 aromatic rings. The summed E-state index contributed by atoms with van der Waals surface area (Å²) >= 11 is 0. The van der Waals surface area contributed by atoms with Gasteiger partial charge in [-0.1, -0.05) is 27.2 Å². The van der Waals surface area contributed by atoms with Crippen LogP contribution in [0, 0.1) is 23.7 Å². The number of aliphatic hydroxyl groups is 1. The van der Waals surface area contributed by atoms with E-state index in [1.807, 2.05) is 0 Å². The van der Waals surface area contributed by atoms with Crippen LogP contribution in [0.3, 0.4) is 0 Å². The van der Waals surface area contributed by atoms with E-state index in [4.69, 9.17) is 14.6 Å². The number of rotatable bonds is 3. The second kappa shape index (κ2) is 4.95. The topological polar surface area (TPSA) is 55.8 Å². The molecule has 0 aromatic heterocycles. The van der Waals surface area contributed by atoms with Gasteiger partial charge in [0.15, 0.2) is 0 Å². The van der Waals surface area contributed by atoms with Crippen LogP contribution in [0.15, 0.2) is 0 Å². The lowest BCUT2D eigenvalue weighted by atomic mass is 9.72. The first-order chi connectivity index (χ1) is 9.82. The fourth-order valence-electron chi connectivity index (χ4n) is 5.17. The average molecular weight is 296 g/mol. The highest BCUT2D eigenvalue weighted by Crippen LogP contribution is 2.62. The molecule has 0 amide bonds. The fourth-order valence-corrected chi connectivity index (χ4v) is 5.17. The molecule has 4 unspecified atom stereocenters. The molecule has 3 aliphatic rings. The van der Waals surface area contributed by atoms with Crippen LogP contribution in [0.25, 0.3) is 0 Å². The third-order valence-electron chi connectivity index (χ3n) is 6.55. The molecule has 4 nitrogen and oxygen atoms in total. The van der Waals surface area contributed by atoms with Crippen molar-refractivity contribution in [1.29, 1.82) is 0 Å². The Morgan fingerprint density at radius 3 is 2.71 bits per heavy atom. The van der Waals surface area contributed by atoms with Crippen molar-refractivity contribution in [3.63, 3.8) is 0 Å². The fraction of sp³-hybridized carbons (Fsp3) is 0.941. The van der Waals surface area contributed by atoms with E-state index in [1.54, 1.807) is 0 Å². The third kappa shape index (κ3) is 2.14. The summed E-state index contributed by atoms with van der Waals surface area (Å²) in [5, 5.41) is 9.01. The van der Waals surface area contributed by atoms with Gasteiger partial charge in [0.2, 0.25) is 0 Å². The largest absolute Gasteiger partial charge is 0.457 e. The van der Waals surface area contributed by atoms with E-state index in [0.29, 0.717) is 17.8 Å². The summed E-state index contributed by atoms with van der Waals surface area (Å²) in [6, 6.07) is 0. The normalized spacial score (nSPS) is 48.5. The minimum Gasteiger partial charge on any atom is -0.457 e. The second-order valence-electron chi connectivity index (χ2n) is 7.88. The second-order valence-corrected chi connectivity index (χ2v) is 7.88. The molecule has 4 heteroatoms. The molecular formula is C17H28O4. The van der Waals surface area contributed by atoms with Crippen LogP contribution in [0.1, 0.15) is 53.4 Å². The van der Waals surface area contributed by atoms with E-state index in [9.17, 15) is 4.79 Å². The Bertz CT molecular complexity index is 435. The number of ether oxygens (including phenoxy) is 2. The van der Waals surface area contributed by atoms with Crippen molar-refractivity contribution in [3.05, 3.63) is 0 Å². The standard InChI is InChI=1S/C17H28O4/c1-10(2)17-7-12-11(3)5-6-13(12)16(4,21-17)14(8-17)20-15(19)9-18/h10-14,18H,5-9H2,1-4H3/t11?,12-,13?,14-,16?,17?/m1/s1. The summed E-state index contributed by atoms with van der Waals surface area (Å²) in [4.78, 5) is 11.6. The number of carbonyl (C=O) groups is 1. The number of carbonyl (C=O) groups excluding carboxylic acids is 1. The van der Waals surface area contributed by atoms with Crippen molar-refractivity contribution < 1.29 is 19.4 Å². The molecule has 2 saturated heterocycles. The lowest BCUT2D eigenvalue weighted by Crippen LogP contribution is -2.53. The molecule has 0 radical (unpaired) electrons. The van der Waals surface area contributed by atoms with E-state index < -0.39 is 12.6 Å². The van der Waals surface area contributed by atoms with Crippen molar-refractivity contribution in [1.82, 2.24) is 0 Å². The van der Waals surface area contributed by atoms with Crippen molar-refractivity contribution in [2.24, 2.45) is 23.7 Å². The lowest BCUT2D eigenvalue weighted by Gasteiger charge is -2.48. The molecule has 21 heavy (non-hydrogen) atoms. The number of esters is 1. The monoisotopic (exact) mass is 296 g/mol. The molecular weight excluding hydrogens is 268 g/mol. The lowest BCUT2D eigenvalue weighted by molar-refractivity contribution is -0.214. The quantitative estimate of drug-likeness (QED) is 0.813. The Morgan fingerprint density at radius 2 is 2.10 bits per heavy atom. The van der Waals surface area contributed by atoms with Gasteiger partial charge in [0.25, 0.3) is 0 Å². The van der Waals surface area contributed by atoms with Gasteiger partial charge >= 0.3 is 5.97 Å². The minimum atomic E-state index is -0.550. The SMILES string of the molecule is CC1CCC2[C@@H]1CC1(C(C)C)C[C@@H](OC(=O)CO)C2(C)O1. The van der Waals surface area contributed by atoms with Crippen LogP contribution in [0.4, 0.5) is 0 Å². The molecule has 0 aromatic carbocycles. The summed E-state index contributed by atoms with van der Waals surface area (Å²) in [6.07, 6.45) is 4.03. The molecule has 1 aliphatic carbocycles. The molecule has 2 bridgehead atoms. The van der Waals surface area contributed by atoms with Crippen LogP contribution in [0.2, 0.25) is 0 Å². The zero-order valence-corrected chi connectivity index (χ0v) is 13.6. The Morgan fingerprint density at radius 1 is 1.38 bits per heavy atom. The highest BCUT2D eigenvalue weighted by Gasteiger charge is 2.66. The van der Waals surface area contributed by atoms with E-state index in [0.717, 1.165) is 25.2 Å². The van der Waals surface area contributed by atoms with E-state index >= 15 is 0 Å². The van der Waals surface area contributed by atoms with Crippen LogP contribution < -0.4 is 0 Å². The molecule has 0 spiro atoms. The number of hydrogen-bond donors (Lipinski definition) is 1. The number of fused-ring (bicyclic) bond motifs is 4. The Balaban J connectivity index is 1.94. The molecule has 2 aliphatic heterocycles. The molecule has 120 valence electrons. The number of hydrogen-bond acceptors (Lipinski definition) is 4. The summed E-state index contributed by atoms with van der Waals surface area (Å²) in [5.74, 6) is 1.74. The summed E-state index contributed by atoms with van der Waals surface area (Å²) in [5.41, 5.74) is -0.558. The molecule has 2 heterocycles. The van der Waals surface area contributed by atoms with Gasteiger partial charge in [-0.25, -0.2) is 4.79 Å². The molecule has 3 fully saturated rings. The highest BCUT2D eigenvalue weighted by molar-refractivity contribution is 5.70. The summed E-state index contributed by atoms with van der Waals surface area (Å²) in [7, 11) is 0. The van der Waals surface area contributed by atoms with Gasteiger partial charge < -0.3 is 14.6 Å². The van der Waals surface area contributed by atoms with Gasteiger partial charge in [-0.15, -0.1) is 0 Å². The smallest absolute Gasteiger partial charge is 0.332 e. The zero-order chi connectivity index (χ0) is 15.4. The van der Waals surface area contributed by atoms with Gasteiger partial charge in [0, 0.05) is 6.42 Å². The first-order valence-corrected chi connectivity index (χ1v) is 8.33. The van der Waals surface area contributed by atoms with Gasteiger partial charge in [-0.2, -0.15) is 0 Å². The van der Waals surface area contributed by atoms with Crippen LogP contribution in [0.5, 0.6) is 0 Å². The van der Waals surface area contributed by atoms with Crippen molar-refractivity contribution >= 4 is 5.97 Å². The predicted octanol–water partition coefficient (Wildman–Crippen LogP) is 2.53. The van der Waals surface area contributed by atoms with E-state index in [2.05, 4.69) is 27.7 Å². The minimum absolute atomic E-state index is 0.172. The van der Waals surface area contributed by atoms with Gasteiger partial charge in [0.1, 0.15) is 18.3 Å². The first-order valence-electron chi connectivity index (χ1n) is 8.33. The maximum Gasteiger partial charge on any atom is 0.332 e. The van der Waals surface area contributed by atoms with E-state index in [1.165, 1.54) is 6.42 Å². The van der Waals surface area contributed by atoms with Crippen molar-refractivity contribution in [2.45, 2.75) is 70.7 Å².